The highest BCUT2D eigenvalue weighted by Crippen LogP contribution is 2.08. The summed E-state index contributed by atoms with van der Waals surface area (Å²) in [4.78, 5) is 23.8. The summed E-state index contributed by atoms with van der Waals surface area (Å²) >= 11 is 0. The summed E-state index contributed by atoms with van der Waals surface area (Å²) < 4.78 is 0. The lowest BCUT2D eigenvalue weighted by molar-refractivity contribution is -0.125. The number of unbranched alkanes of at least 4 members (excludes halogenated alkanes) is 1. The van der Waals surface area contributed by atoms with Gasteiger partial charge in [-0.3, -0.25) is 9.59 Å². The van der Waals surface area contributed by atoms with Gasteiger partial charge in [0.05, 0.1) is 12.6 Å². The Hall–Kier alpha value is -1.92. The zero-order chi connectivity index (χ0) is 16.4. The molecule has 0 bridgehead atoms. The van der Waals surface area contributed by atoms with Crippen molar-refractivity contribution in [2.24, 2.45) is 5.73 Å². The van der Waals surface area contributed by atoms with Gasteiger partial charge >= 0.3 is 0 Å². The first-order chi connectivity index (χ1) is 10.6. The van der Waals surface area contributed by atoms with Crippen LogP contribution >= 0.6 is 0 Å². The standard InChI is InChI=1S/C16H26N4O2/c1-12-6-8-13(9-7-12)20-15(21)11-19-16(22)14(18-2)5-3-4-10-17/h6-9,14,18H,3-5,10-11,17H2,1-2H3,(H,19,22)(H,20,21). The van der Waals surface area contributed by atoms with E-state index >= 15 is 0 Å². The van der Waals surface area contributed by atoms with Crippen molar-refractivity contribution in [2.75, 3.05) is 25.5 Å². The van der Waals surface area contributed by atoms with Gasteiger partial charge in [0.25, 0.3) is 0 Å². The van der Waals surface area contributed by atoms with Crippen LogP contribution in [0.3, 0.4) is 0 Å². The number of nitrogens with two attached hydrogens (primary N) is 1. The van der Waals surface area contributed by atoms with Gasteiger partial charge in [0.2, 0.25) is 11.8 Å². The van der Waals surface area contributed by atoms with Crippen LogP contribution in [0.15, 0.2) is 24.3 Å². The number of benzene rings is 1. The first-order valence-electron chi connectivity index (χ1n) is 7.58. The predicted octanol–water partition coefficient (Wildman–Crippen LogP) is 0.767. The Morgan fingerprint density at radius 3 is 2.45 bits per heavy atom. The lowest BCUT2D eigenvalue weighted by Gasteiger charge is -2.15. The minimum Gasteiger partial charge on any atom is -0.346 e. The van der Waals surface area contributed by atoms with Crippen LogP contribution in [-0.4, -0.2) is 38.0 Å². The highest BCUT2D eigenvalue weighted by Gasteiger charge is 2.16. The second-order valence-corrected chi connectivity index (χ2v) is 5.26. The molecule has 0 saturated heterocycles. The van der Waals surface area contributed by atoms with Crippen LogP contribution in [0.5, 0.6) is 0 Å². The van der Waals surface area contributed by atoms with E-state index < -0.39 is 0 Å². The first kappa shape index (κ1) is 18.1. The van der Waals surface area contributed by atoms with Crippen molar-refractivity contribution in [3.05, 3.63) is 29.8 Å². The Labute approximate surface area is 131 Å². The molecule has 0 saturated carbocycles. The summed E-state index contributed by atoms with van der Waals surface area (Å²) in [6, 6.07) is 7.21. The minimum absolute atomic E-state index is 0.0399. The van der Waals surface area contributed by atoms with E-state index in [1.54, 1.807) is 7.05 Å². The van der Waals surface area contributed by atoms with Crippen LogP contribution in [-0.2, 0) is 9.59 Å². The highest BCUT2D eigenvalue weighted by molar-refractivity contribution is 5.95. The molecule has 1 unspecified atom stereocenters. The third-order valence-electron chi connectivity index (χ3n) is 3.37. The van der Waals surface area contributed by atoms with E-state index in [0.29, 0.717) is 13.0 Å². The Bertz CT molecular complexity index is 474. The molecule has 0 radical (unpaired) electrons. The van der Waals surface area contributed by atoms with Gasteiger partial charge in [0.1, 0.15) is 0 Å². The van der Waals surface area contributed by atoms with Crippen molar-refractivity contribution in [3.8, 4) is 0 Å². The van der Waals surface area contributed by atoms with Crippen molar-refractivity contribution >= 4 is 17.5 Å². The van der Waals surface area contributed by atoms with Crippen LogP contribution in [0.1, 0.15) is 24.8 Å². The van der Waals surface area contributed by atoms with Crippen LogP contribution in [0, 0.1) is 6.92 Å². The third kappa shape index (κ3) is 6.69. The maximum atomic E-state index is 12.0. The molecule has 0 aliphatic carbocycles. The van der Waals surface area contributed by atoms with E-state index in [2.05, 4.69) is 16.0 Å². The molecule has 5 N–H and O–H groups in total. The van der Waals surface area contributed by atoms with E-state index in [1.165, 1.54) is 0 Å². The van der Waals surface area contributed by atoms with E-state index in [-0.39, 0.29) is 24.4 Å². The Morgan fingerprint density at radius 2 is 1.86 bits per heavy atom. The number of carbonyl (C=O) groups is 2. The Balaban J connectivity index is 2.35. The molecule has 0 aliphatic heterocycles. The molecule has 0 heterocycles. The average molecular weight is 306 g/mol. The van der Waals surface area contributed by atoms with E-state index in [9.17, 15) is 9.59 Å². The molecule has 22 heavy (non-hydrogen) atoms. The van der Waals surface area contributed by atoms with Crippen LogP contribution in [0.4, 0.5) is 5.69 Å². The molecule has 1 rings (SSSR count). The zero-order valence-corrected chi connectivity index (χ0v) is 13.3. The largest absolute Gasteiger partial charge is 0.346 e. The monoisotopic (exact) mass is 306 g/mol. The molecule has 6 nitrogen and oxygen atoms in total. The summed E-state index contributed by atoms with van der Waals surface area (Å²) in [6.07, 6.45) is 2.48. The first-order valence-corrected chi connectivity index (χ1v) is 7.58. The van der Waals surface area contributed by atoms with Gasteiger partial charge in [0.15, 0.2) is 0 Å². The number of likely N-dealkylation sites (N-methyl/N-ethyl adjacent to an activating group) is 1. The normalized spacial score (nSPS) is 11.8. The van der Waals surface area contributed by atoms with Crippen LogP contribution < -0.4 is 21.7 Å². The maximum Gasteiger partial charge on any atom is 0.243 e. The van der Waals surface area contributed by atoms with Crippen molar-refractivity contribution in [2.45, 2.75) is 32.2 Å². The summed E-state index contributed by atoms with van der Waals surface area (Å²) in [6.45, 7) is 2.56. The number of hydrogen-bond donors (Lipinski definition) is 4. The number of carbonyl (C=O) groups excluding carboxylic acids is 2. The van der Waals surface area contributed by atoms with Gasteiger partial charge in [-0.15, -0.1) is 0 Å². The van der Waals surface area contributed by atoms with Gasteiger partial charge in [-0.1, -0.05) is 24.1 Å². The van der Waals surface area contributed by atoms with E-state index in [4.69, 9.17) is 5.73 Å². The second-order valence-electron chi connectivity index (χ2n) is 5.26. The molecule has 0 aliphatic rings. The fraction of sp³-hybridized carbons (Fsp3) is 0.500. The highest BCUT2D eigenvalue weighted by atomic mass is 16.2. The SMILES string of the molecule is CNC(CCCCN)C(=O)NCC(=O)Nc1ccc(C)cc1. The molecule has 0 aromatic heterocycles. The molecule has 122 valence electrons. The summed E-state index contributed by atoms with van der Waals surface area (Å²) in [5.41, 5.74) is 7.29. The van der Waals surface area contributed by atoms with Crippen molar-refractivity contribution < 1.29 is 9.59 Å². The number of amides is 2. The fourth-order valence-electron chi connectivity index (χ4n) is 2.03. The van der Waals surface area contributed by atoms with Crippen molar-refractivity contribution in [3.63, 3.8) is 0 Å². The van der Waals surface area contributed by atoms with Gasteiger partial charge in [0, 0.05) is 5.69 Å². The van der Waals surface area contributed by atoms with Crippen LogP contribution in [0.25, 0.3) is 0 Å². The Morgan fingerprint density at radius 1 is 1.18 bits per heavy atom. The Kier molecular flexibility index (Phi) is 8.17. The molecule has 1 atom stereocenters. The van der Waals surface area contributed by atoms with Gasteiger partial charge < -0.3 is 21.7 Å². The number of nitrogens with one attached hydrogen (secondary N) is 3. The number of aryl methyl sites for hydroxylation is 1. The average Bonchev–Trinajstić information content (AvgIpc) is 2.51. The van der Waals surface area contributed by atoms with E-state index in [0.717, 1.165) is 24.1 Å². The summed E-state index contributed by atoms with van der Waals surface area (Å²) in [7, 11) is 1.74. The number of hydrogen-bond acceptors (Lipinski definition) is 4. The van der Waals surface area contributed by atoms with Crippen LogP contribution in [0.2, 0.25) is 0 Å². The van der Waals surface area contributed by atoms with E-state index in [1.807, 2.05) is 31.2 Å². The smallest absolute Gasteiger partial charge is 0.243 e. The predicted molar refractivity (Wildman–Crippen MR) is 88.6 cm³/mol. The molecular weight excluding hydrogens is 280 g/mol. The number of rotatable bonds is 9. The lowest BCUT2D eigenvalue weighted by Crippen LogP contribution is -2.45. The fourth-order valence-corrected chi connectivity index (χ4v) is 2.03. The topological polar surface area (TPSA) is 96.2 Å². The molecule has 2 amide bonds. The summed E-state index contributed by atoms with van der Waals surface area (Å²) in [5, 5.41) is 8.35. The lowest BCUT2D eigenvalue weighted by atomic mass is 10.1. The van der Waals surface area contributed by atoms with Gasteiger partial charge in [-0.2, -0.15) is 0 Å². The molecule has 6 heteroatoms. The van der Waals surface area contributed by atoms with Crippen molar-refractivity contribution in [1.29, 1.82) is 0 Å². The number of anilines is 1. The molecule has 1 aromatic carbocycles. The minimum atomic E-state index is -0.293. The maximum absolute atomic E-state index is 12.0. The second kappa shape index (κ2) is 9.92. The third-order valence-corrected chi connectivity index (χ3v) is 3.37. The zero-order valence-electron chi connectivity index (χ0n) is 13.3. The van der Waals surface area contributed by atoms with Gasteiger partial charge in [-0.25, -0.2) is 0 Å². The molecular formula is C16H26N4O2. The molecule has 1 aromatic rings. The molecule has 0 spiro atoms. The summed E-state index contributed by atoms with van der Waals surface area (Å²) in [5.74, 6) is -0.410. The van der Waals surface area contributed by atoms with Gasteiger partial charge in [-0.05, 0) is 45.5 Å². The van der Waals surface area contributed by atoms with Crippen molar-refractivity contribution in [1.82, 2.24) is 10.6 Å². The quantitative estimate of drug-likeness (QED) is 0.507. The molecule has 0 fully saturated rings.